The van der Waals surface area contributed by atoms with Crippen molar-refractivity contribution in [2.45, 2.75) is 6.92 Å². The molecule has 0 spiro atoms. The molecular weight excluding hydrogens is 570 g/mol. The van der Waals surface area contributed by atoms with Gasteiger partial charge in [-0.2, -0.15) is 5.10 Å². The van der Waals surface area contributed by atoms with Crippen LogP contribution in [0.4, 0.5) is 0 Å². The molecule has 1 aromatic heterocycles. The molecule has 9 nitrogen and oxygen atoms in total. The molecule has 0 radical (unpaired) electrons. The average molecular weight is 598 g/mol. The van der Waals surface area contributed by atoms with Crippen molar-refractivity contribution >= 4 is 40.6 Å². The predicted octanol–water partition coefficient (Wildman–Crippen LogP) is 6.89. The lowest BCUT2D eigenvalue weighted by Crippen LogP contribution is -2.18. The van der Waals surface area contributed by atoms with E-state index in [1.807, 2.05) is 55.5 Å². The van der Waals surface area contributed by atoms with Gasteiger partial charge >= 0.3 is 5.97 Å². The highest BCUT2D eigenvalue weighted by molar-refractivity contribution is 6.31. The number of fused-ring (bicyclic) bond motifs is 1. The van der Waals surface area contributed by atoms with Crippen molar-refractivity contribution in [1.82, 2.24) is 10.4 Å². The number of rotatable bonds is 10. The van der Waals surface area contributed by atoms with Crippen LogP contribution in [0.3, 0.4) is 0 Å². The summed E-state index contributed by atoms with van der Waals surface area (Å²) in [7, 11) is 2.90. The molecule has 1 heterocycles. The highest BCUT2D eigenvalue weighted by Gasteiger charge is 2.20. The number of hydrogen-bond acceptors (Lipinski definition) is 7. The van der Waals surface area contributed by atoms with E-state index in [0.717, 1.165) is 22.0 Å². The zero-order chi connectivity index (χ0) is 30.3. The smallest absolute Gasteiger partial charge is 0.347 e. The number of carbonyl (C=O) groups excluding carboxylic acids is 2. The Morgan fingerprint density at radius 3 is 2.42 bits per heavy atom. The molecule has 0 saturated carbocycles. The van der Waals surface area contributed by atoms with Gasteiger partial charge in [-0.3, -0.25) is 4.79 Å². The van der Waals surface area contributed by atoms with Gasteiger partial charge in [0.05, 0.1) is 27.0 Å². The molecule has 0 saturated heterocycles. The largest absolute Gasteiger partial charge is 0.496 e. The number of aromatic nitrogens is 1. The van der Waals surface area contributed by atoms with Gasteiger partial charge in [0.15, 0.2) is 11.5 Å². The van der Waals surface area contributed by atoms with E-state index < -0.39 is 11.9 Å². The summed E-state index contributed by atoms with van der Waals surface area (Å²) in [5.74, 6) is 0.438. The summed E-state index contributed by atoms with van der Waals surface area (Å²) in [5, 5.41) is 5.38. The molecule has 5 aromatic rings. The Balaban J connectivity index is 1.36. The van der Waals surface area contributed by atoms with Gasteiger partial charge in [0.2, 0.25) is 0 Å². The van der Waals surface area contributed by atoms with Crippen LogP contribution in [0, 0.1) is 0 Å². The Kier molecular flexibility index (Phi) is 8.93. The van der Waals surface area contributed by atoms with Gasteiger partial charge in [-0.25, -0.2) is 10.2 Å². The van der Waals surface area contributed by atoms with E-state index in [1.165, 1.54) is 26.5 Å². The number of H-pyrrole nitrogens is 1. The number of amides is 1. The van der Waals surface area contributed by atoms with Crippen LogP contribution in [0.25, 0.3) is 22.0 Å². The average Bonchev–Trinajstić information content (AvgIpc) is 3.41. The van der Waals surface area contributed by atoms with Crippen molar-refractivity contribution in [3.8, 4) is 34.1 Å². The van der Waals surface area contributed by atoms with Crippen molar-refractivity contribution < 1.29 is 28.5 Å². The normalized spacial score (nSPS) is 11.0. The molecule has 0 aliphatic carbocycles. The molecule has 10 heteroatoms. The van der Waals surface area contributed by atoms with Gasteiger partial charge < -0.3 is 23.9 Å². The Morgan fingerprint density at radius 2 is 1.67 bits per heavy atom. The third-order valence-electron chi connectivity index (χ3n) is 6.52. The third-order valence-corrected chi connectivity index (χ3v) is 6.76. The molecule has 0 fully saturated rings. The maximum absolute atomic E-state index is 13.3. The minimum absolute atomic E-state index is 0.173. The number of methoxy groups -OCH3 is 2. The highest BCUT2D eigenvalue weighted by atomic mass is 35.5. The number of ether oxygens (including phenoxy) is 4. The van der Waals surface area contributed by atoms with E-state index in [-0.39, 0.29) is 17.1 Å². The van der Waals surface area contributed by atoms with Gasteiger partial charge in [0.25, 0.3) is 5.91 Å². The first-order valence-corrected chi connectivity index (χ1v) is 13.7. The number of nitrogens with one attached hydrogen (secondary N) is 2. The Labute approximate surface area is 253 Å². The predicted molar refractivity (Wildman–Crippen MR) is 166 cm³/mol. The molecule has 0 aliphatic heterocycles. The van der Waals surface area contributed by atoms with E-state index in [1.54, 1.807) is 30.3 Å². The van der Waals surface area contributed by atoms with Crippen molar-refractivity contribution in [1.29, 1.82) is 0 Å². The van der Waals surface area contributed by atoms with Gasteiger partial charge in [-0.15, -0.1) is 0 Å². The zero-order valence-corrected chi connectivity index (χ0v) is 24.4. The monoisotopic (exact) mass is 597 g/mol. The van der Waals surface area contributed by atoms with Gasteiger partial charge in [-0.05, 0) is 72.6 Å². The second kappa shape index (κ2) is 13.1. The van der Waals surface area contributed by atoms with Crippen LogP contribution in [0.1, 0.15) is 33.3 Å². The summed E-state index contributed by atoms with van der Waals surface area (Å²) < 4.78 is 21.9. The maximum atomic E-state index is 13.3. The summed E-state index contributed by atoms with van der Waals surface area (Å²) in [6.07, 6.45) is 1.46. The molecule has 43 heavy (non-hydrogen) atoms. The SMILES string of the molecule is CCOc1ccc2[nH]c(C(=O)NN=Cc3ccc(OC(=O)c4cc(Cl)ccc4OC)c(OC)c3)c(-c3ccccc3)c2c1. The first-order chi connectivity index (χ1) is 20.9. The first-order valence-electron chi connectivity index (χ1n) is 13.3. The van der Waals surface area contributed by atoms with Crippen molar-refractivity contribution in [2.24, 2.45) is 5.10 Å². The van der Waals surface area contributed by atoms with E-state index >= 15 is 0 Å². The van der Waals surface area contributed by atoms with Crippen LogP contribution in [0.5, 0.6) is 23.0 Å². The van der Waals surface area contributed by atoms with Gasteiger partial charge in [-0.1, -0.05) is 41.9 Å². The fraction of sp³-hybridized carbons (Fsp3) is 0.121. The minimum atomic E-state index is -0.660. The van der Waals surface area contributed by atoms with Crippen molar-refractivity contribution in [2.75, 3.05) is 20.8 Å². The number of hydrogen-bond donors (Lipinski definition) is 2. The van der Waals surface area contributed by atoms with Gasteiger partial charge in [0.1, 0.15) is 22.8 Å². The first kappa shape index (κ1) is 29.2. The molecule has 1 amide bonds. The number of hydrazone groups is 1. The Bertz CT molecular complexity index is 1820. The number of esters is 1. The number of benzene rings is 4. The quantitative estimate of drug-likeness (QED) is 0.0785. The summed E-state index contributed by atoms with van der Waals surface area (Å²) in [6.45, 7) is 2.45. The Morgan fingerprint density at radius 1 is 0.907 bits per heavy atom. The van der Waals surface area contributed by atoms with E-state index in [2.05, 4.69) is 15.5 Å². The molecule has 5 rings (SSSR count). The fourth-order valence-electron chi connectivity index (χ4n) is 4.57. The number of aromatic amines is 1. The lowest BCUT2D eigenvalue weighted by atomic mass is 10.0. The lowest BCUT2D eigenvalue weighted by Gasteiger charge is -2.12. The standard InChI is InChI=1S/C33H28ClN3O6/c1-4-42-23-12-13-26-24(18-23)30(21-8-6-5-7-9-21)31(36-26)32(38)37-35-19-20-10-14-28(29(16-20)41-3)43-33(39)25-17-22(34)11-15-27(25)40-2/h5-19,36H,4H2,1-3H3,(H,37,38). The number of carbonyl (C=O) groups is 2. The van der Waals surface area contributed by atoms with Gasteiger partial charge in [0, 0.05) is 21.5 Å². The van der Waals surface area contributed by atoms with Crippen LogP contribution < -0.4 is 24.4 Å². The summed E-state index contributed by atoms with van der Waals surface area (Å²) in [5.41, 5.74) is 6.14. The van der Waals surface area contributed by atoms with E-state index in [9.17, 15) is 9.59 Å². The summed E-state index contributed by atoms with van der Waals surface area (Å²) in [6, 6.07) is 24.8. The number of halogens is 1. The van der Waals surface area contributed by atoms with Crippen molar-refractivity contribution in [3.05, 3.63) is 107 Å². The second-order valence-corrected chi connectivity index (χ2v) is 9.66. The molecule has 0 bridgehead atoms. The van der Waals surface area contributed by atoms with Crippen LogP contribution in [-0.2, 0) is 0 Å². The molecule has 0 atom stereocenters. The topological polar surface area (TPSA) is 111 Å². The summed E-state index contributed by atoms with van der Waals surface area (Å²) >= 11 is 6.05. The van der Waals surface area contributed by atoms with E-state index in [4.69, 9.17) is 30.5 Å². The molecule has 0 aliphatic rings. The highest BCUT2D eigenvalue weighted by Crippen LogP contribution is 2.35. The second-order valence-electron chi connectivity index (χ2n) is 9.22. The van der Waals surface area contributed by atoms with Crippen LogP contribution >= 0.6 is 11.6 Å². The Hall–Kier alpha value is -5.28. The third kappa shape index (κ3) is 6.47. The fourth-order valence-corrected chi connectivity index (χ4v) is 4.74. The zero-order valence-electron chi connectivity index (χ0n) is 23.6. The summed E-state index contributed by atoms with van der Waals surface area (Å²) in [4.78, 5) is 29.4. The maximum Gasteiger partial charge on any atom is 0.347 e. The molecule has 218 valence electrons. The van der Waals surface area contributed by atoms with Crippen LogP contribution in [0.15, 0.2) is 90.0 Å². The minimum Gasteiger partial charge on any atom is -0.496 e. The van der Waals surface area contributed by atoms with Crippen LogP contribution in [0.2, 0.25) is 5.02 Å². The van der Waals surface area contributed by atoms with E-state index in [0.29, 0.717) is 34.4 Å². The van der Waals surface area contributed by atoms with Crippen molar-refractivity contribution in [3.63, 3.8) is 0 Å². The molecule has 2 N–H and O–H groups in total. The molecule has 0 unspecified atom stereocenters. The number of nitrogens with zero attached hydrogens (tertiary/aromatic N) is 1. The lowest BCUT2D eigenvalue weighted by molar-refractivity contribution is 0.0726. The van der Waals surface area contributed by atoms with Crippen LogP contribution in [-0.4, -0.2) is 43.9 Å². The molecular formula is C33H28ClN3O6. The molecule has 4 aromatic carbocycles.